The van der Waals surface area contributed by atoms with Crippen LogP contribution in [0.25, 0.3) is 0 Å². The molecule has 0 aromatic carbocycles. The van der Waals surface area contributed by atoms with Crippen molar-refractivity contribution in [1.82, 2.24) is 9.88 Å². The highest BCUT2D eigenvalue weighted by Crippen LogP contribution is 2.24. The standard InChI is InChI=1S/C12H16N2O3S/c1-3-17-12(16)9-5-4-6-14(9)11(15)10-8(2)13-7-18-10/h7,9H,3-6H2,1-2H3. The van der Waals surface area contributed by atoms with Gasteiger partial charge in [-0.15, -0.1) is 11.3 Å². The first kappa shape index (κ1) is 13.0. The third-order valence-corrected chi connectivity index (χ3v) is 3.93. The number of hydrogen-bond donors (Lipinski definition) is 0. The van der Waals surface area contributed by atoms with Crippen LogP contribution in [-0.2, 0) is 9.53 Å². The van der Waals surface area contributed by atoms with E-state index in [0.29, 0.717) is 24.4 Å². The van der Waals surface area contributed by atoms with Crippen molar-refractivity contribution in [2.24, 2.45) is 0 Å². The van der Waals surface area contributed by atoms with Crippen LogP contribution in [0.2, 0.25) is 0 Å². The van der Waals surface area contributed by atoms with Gasteiger partial charge in [-0.2, -0.15) is 0 Å². The molecule has 0 bridgehead atoms. The minimum atomic E-state index is -0.432. The second-order valence-electron chi connectivity index (χ2n) is 4.18. The van der Waals surface area contributed by atoms with Crippen molar-refractivity contribution >= 4 is 23.2 Å². The van der Waals surface area contributed by atoms with Crippen molar-refractivity contribution in [3.63, 3.8) is 0 Å². The molecule has 6 heteroatoms. The topological polar surface area (TPSA) is 59.5 Å². The molecule has 0 aliphatic carbocycles. The van der Waals surface area contributed by atoms with Crippen LogP contribution < -0.4 is 0 Å². The van der Waals surface area contributed by atoms with Gasteiger partial charge in [0.2, 0.25) is 0 Å². The van der Waals surface area contributed by atoms with E-state index in [1.807, 2.05) is 0 Å². The first-order valence-electron chi connectivity index (χ1n) is 6.02. The maximum absolute atomic E-state index is 12.3. The molecule has 1 saturated heterocycles. The molecule has 1 aromatic rings. The molecule has 2 heterocycles. The number of carbonyl (C=O) groups excluding carboxylic acids is 2. The molecule has 1 fully saturated rings. The average Bonchev–Trinajstić information content (AvgIpc) is 2.96. The molecule has 0 N–H and O–H groups in total. The number of thiazole rings is 1. The normalized spacial score (nSPS) is 19.0. The molecule has 2 rings (SSSR count). The Bertz CT molecular complexity index is 458. The minimum Gasteiger partial charge on any atom is -0.464 e. The van der Waals surface area contributed by atoms with Crippen LogP contribution in [-0.4, -0.2) is 41.0 Å². The summed E-state index contributed by atoms with van der Waals surface area (Å²) in [5.74, 6) is -0.406. The third kappa shape index (κ3) is 2.38. The molecule has 0 saturated carbocycles. The second kappa shape index (κ2) is 5.48. The zero-order valence-corrected chi connectivity index (χ0v) is 11.3. The Morgan fingerprint density at radius 1 is 1.61 bits per heavy atom. The zero-order valence-electron chi connectivity index (χ0n) is 10.5. The number of aryl methyl sites for hydroxylation is 1. The van der Waals surface area contributed by atoms with Gasteiger partial charge in [-0.05, 0) is 26.7 Å². The smallest absolute Gasteiger partial charge is 0.328 e. The second-order valence-corrected chi connectivity index (χ2v) is 5.03. The van der Waals surface area contributed by atoms with E-state index in [1.54, 1.807) is 24.3 Å². The average molecular weight is 268 g/mol. The number of esters is 1. The van der Waals surface area contributed by atoms with Gasteiger partial charge in [0.05, 0.1) is 17.8 Å². The highest BCUT2D eigenvalue weighted by atomic mass is 32.1. The number of nitrogens with zero attached hydrogens (tertiary/aromatic N) is 2. The lowest BCUT2D eigenvalue weighted by atomic mass is 10.2. The molecule has 1 atom stereocenters. The molecule has 1 amide bonds. The molecule has 0 radical (unpaired) electrons. The SMILES string of the molecule is CCOC(=O)C1CCCN1C(=O)c1scnc1C. The molecule has 98 valence electrons. The van der Waals surface area contributed by atoms with Crippen LogP contribution in [0.5, 0.6) is 0 Å². The van der Waals surface area contributed by atoms with E-state index >= 15 is 0 Å². The first-order chi connectivity index (χ1) is 8.65. The summed E-state index contributed by atoms with van der Waals surface area (Å²) < 4.78 is 5.01. The lowest BCUT2D eigenvalue weighted by Crippen LogP contribution is -2.41. The zero-order chi connectivity index (χ0) is 13.1. The fraction of sp³-hybridized carbons (Fsp3) is 0.583. The Kier molecular flexibility index (Phi) is 3.96. The van der Waals surface area contributed by atoms with Crippen LogP contribution in [0.4, 0.5) is 0 Å². The van der Waals surface area contributed by atoms with E-state index in [0.717, 1.165) is 12.1 Å². The highest BCUT2D eigenvalue weighted by molar-refractivity contribution is 7.11. The van der Waals surface area contributed by atoms with Gasteiger partial charge >= 0.3 is 5.97 Å². The molecule has 1 unspecified atom stereocenters. The maximum atomic E-state index is 12.3. The van der Waals surface area contributed by atoms with Gasteiger partial charge in [0.15, 0.2) is 0 Å². The summed E-state index contributed by atoms with van der Waals surface area (Å²) in [5, 5.41) is 0. The van der Waals surface area contributed by atoms with Gasteiger partial charge in [-0.25, -0.2) is 9.78 Å². The van der Waals surface area contributed by atoms with Crippen molar-refractivity contribution in [3.8, 4) is 0 Å². The summed E-state index contributed by atoms with van der Waals surface area (Å²) in [6, 6.07) is -0.432. The van der Waals surface area contributed by atoms with Crippen LogP contribution in [0.3, 0.4) is 0 Å². The number of aromatic nitrogens is 1. The van der Waals surface area contributed by atoms with Crippen molar-refractivity contribution in [1.29, 1.82) is 0 Å². The molecule has 18 heavy (non-hydrogen) atoms. The van der Waals surface area contributed by atoms with Gasteiger partial charge in [0.1, 0.15) is 10.9 Å². The Morgan fingerprint density at radius 2 is 2.39 bits per heavy atom. The fourth-order valence-corrected chi connectivity index (χ4v) is 2.89. The van der Waals surface area contributed by atoms with Crippen molar-refractivity contribution < 1.29 is 14.3 Å². The summed E-state index contributed by atoms with van der Waals surface area (Å²) in [4.78, 5) is 30.4. The van der Waals surface area contributed by atoms with E-state index in [9.17, 15) is 9.59 Å². The van der Waals surface area contributed by atoms with E-state index in [-0.39, 0.29) is 11.9 Å². The Hall–Kier alpha value is -1.43. The number of rotatable bonds is 3. The third-order valence-electron chi connectivity index (χ3n) is 3.01. The van der Waals surface area contributed by atoms with Gasteiger partial charge in [-0.3, -0.25) is 4.79 Å². The number of ether oxygens (including phenoxy) is 1. The highest BCUT2D eigenvalue weighted by Gasteiger charge is 2.36. The first-order valence-corrected chi connectivity index (χ1v) is 6.90. The number of carbonyl (C=O) groups is 2. The van der Waals surface area contributed by atoms with Crippen LogP contribution in [0, 0.1) is 6.92 Å². The molecular formula is C12H16N2O3S. The summed E-state index contributed by atoms with van der Waals surface area (Å²) in [7, 11) is 0. The summed E-state index contributed by atoms with van der Waals surface area (Å²) in [5.41, 5.74) is 2.37. The predicted octanol–water partition coefficient (Wildman–Crippen LogP) is 1.62. The quantitative estimate of drug-likeness (QED) is 0.782. The number of likely N-dealkylation sites (tertiary alicyclic amines) is 1. The van der Waals surface area contributed by atoms with E-state index in [2.05, 4.69) is 4.98 Å². The molecule has 1 aliphatic rings. The fourth-order valence-electron chi connectivity index (χ4n) is 2.13. The molecule has 1 aliphatic heterocycles. The van der Waals surface area contributed by atoms with Gasteiger partial charge < -0.3 is 9.64 Å². The lowest BCUT2D eigenvalue weighted by Gasteiger charge is -2.22. The van der Waals surface area contributed by atoms with Crippen LogP contribution in [0.15, 0.2) is 5.51 Å². The Morgan fingerprint density at radius 3 is 3.00 bits per heavy atom. The largest absolute Gasteiger partial charge is 0.464 e. The minimum absolute atomic E-state index is 0.106. The van der Waals surface area contributed by atoms with Crippen molar-refractivity contribution in [2.75, 3.05) is 13.2 Å². The maximum Gasteiger partial charge on any atom is 0.328 e. The molecule has 0 spiro atoms. The molecular weight excluding hydrogens is 252 g/mol. The van der Waals surface area contributed by atoms with Gasteiger partial charge in [-0.1, -0.05) is 0 Å². The van der Waals surface area contributed by atoms with Gasteiger partial charge in [0, 0.05) is 6.54 Å². The number of amides is 1. The Labute approximate surface area is 110 Å². The molecule has 1 aromatic heterocycles. The lowest BCUT2D eigenvalue weighted by molar-refractivity contribution is -0.147. The summed E-state index contributed by atoms with van der Waals surface area (Å²) >= 11 is 1.32. The van der Waals surface area contributed by atoms with E-state index < -0.39 is 6.04 Å². The van der Waals surface area contributed by atoms with Crippen LogP contribution in [0.1, 0.15) is 35.1 Å². The van der Waals surface area contributed by atoms with Crippen LogP contribution >= 0.6 is 11.3 Å². The molecule has 5 nitrogen and oxygen atoms in total. The number of hydrogen-bond acceptors (Lipinski definition) is 5. The van der Waals surface area contributed by atoms with Crippen molar-refractivity contribution in [3.05, 3.63) is 16.1 Å². The van der Waals surface area contributed by atoms with E-state index in [4.69, 9.17) is 4.74 Å². The predicted molar refractivity (Wildman–Crippen MR) is 67.5 cm³/mol. The van der Waals surface area contributed by atoms with Gasteiger partial charge in [0.25, 0.3) is 5.91 Å². The monoisotopic (exact) mass is 268 g/mol. The Balaban J connectivity index is 2.15. The summed E-state index contributed by atoms with van der Waals surface area (Å²) in [6.45, 7) is 4.53. The van der Waals surface area contributed by atoms with E-state index in [1.165, 1.54) is 11.3 Å². The summed E-state index contributed by atoms with van der Waals surface area (Å²) in [6.07, 6.45) is 1.52. The van der Waals surface area contributed by atoms with Crippen molar-refractivity contribution in [2.45, 2.75) is 32.7 Å².